The number of fused-ring (bicyclic) bond motifs is 1. The van der Waals surface area contributed by atoms with Gasteiger partial charge in [0.15, 0.2) is 5.82 Å². The number of hydrogen-bond donors (Lipinski definition) is 1. The predicted molar refractivity (Wildman–Crippen MR) is 99.0 cm³/mol. The number of nitrogens with zero attached hydrogens (tertiary/aromatic N) is 4. The first-order valence-electron chi connectivity index (χ1n) is 8.58. The van der Waals surface area contributed by atoms with E-state index in [0.717, 1.165) is 41.1 Å². The second kappa shape index (κ2) is 6.13. The first kappa shape index (κ1) is 16.1. The Morgan fingerprint density at radius 3 is 2.72 bits per heavy atom. The molecule has 1 aliphatic rings. The van der Waals surface area contributed by atoms with Gasteiger partial charge in [-0.15, -0.1) is 5.10 Å². The minimum atomic E-state index is -0.176. The second-order valence-corrected chi connectivity index (χ2v) is 7.03. The van der Waals surface area contributed by atoms with Crippen LogP contribution in [0.1, 0.15) is 19.4 Å². The molecule has 0 aliphatic carbocycles. The Kier molecular flexibility index (Phi) is 3.94. The molecular weight excluding hydrogens is 314 g/mol. The maximum atomic E-state index is 5.85. The smallest absolute Gasteiger partial charge is 0.159 e. The van der Waals surface area contributed by atoms with E-state index in [0.29, 0.717) is 13.2 Å². The second-order valence-electron chi connectivity index (χ2n) is 7.03. The van der Waals surface area contributed by atoms with E-state index >= 15 is 0 Å². The Morgan fingerprint density at radius 2 is 2.00 bits per heavy atom. The molecule has 1 aliphatic heterocycles. The molecule has 6 heteroatoms. The number of ether oxygens (including phenoxy) is 1. The minimum absolute atomic E-state index is 0.176. The van der Waals surface area contributed by atoms with Crippen LogP contribution in [-0.2, 0) is 11.3 Å². The molecule has 130 valence electrons. The summed E-state index contributed by atoms with van der Waals surface area (Å²) in [6, 6.07) is 10.2. The molecule has 0 amide bonds. The molecular formula is C19H23N5O. The van der Waals surface area contributed by atoms with Crippen molar-refractivity contribution in [3.05, 3.63) is 48.3 Å². The lowest BCUT2D eigenvalue weighted by Gasteiger charge is -2.38. The van der Waals surface area contributed by atoms with Crippen LogP contribution in [0.5, 0.6) is 0 Å². The molecule has 1 aromatic carbocycles. The Balaban J connectivity index is 1.81. The molecule has 0 spiro atoms. The molecule has 3 heterocycles. The number of aromatic nitrogens is 3. The summed E-state index contributed by atoms with van der Waals surface area (Å²) in [5, 5.41) is 6.03. The fourth-order valence-electron chi connectivity index (χ4n) is 3.35. The van der Waals surface area contributed by atoms with E-state index < -0.39 is 0 Å². The van der Waals surface area contributed by atoms with Crippen molar-refractivity contribution < 1.29 is 4.74 Å². The van der Waals surface area contributed by atoms with Crippen molar-refractivity contribution in [1.29, 1.82) is 0 Å². The molecule has 1 saturated heterocycles. The molecule has 1 fully saturated rings. The number of hydrogen-bond acceptors (Lipinski definition) is 5. The van der Waals surface area contributed by atoms with Crippen molar-refractivity contribution in [1.82, 2.24) is 14.8 Å². The Labute approximate surface area is 147 Å². The molecule has 0 bridgehead atoms. The van der Waals surface area contributed by atoms with Gasteiger partial charge in [-0.1, -0.05) is 12.1 Å². The van der Waals surface area contributed by atoms with Gasteiger partial charge in [-0.25, -0.2) is 4.68 Å². The van der Waals surface area contributed by atoms with Crippen LogP contribution in [-0.4, -0.2) is 40.1 Å². The van der Waals surface area contributed by atoms with Crippen LogP contribution >= 0.6 is 0 Å². The van der Waals surface area contributed by atoms with Gasteiger partial charge in [-0.2, -0.15) is 0 Å². The van der Waals surface area contributed by atoms with Gasteiger partial charge in [0.25, 0.3) is 0 Å². The van der Waals surface area contributed by atoms with Crippen LogP contribution in [0.4, 0.5) is 5.82 Å². The highest BCUT2D eigenvalue weighted by Gasteiger charge is 2.30. The van der Waals surface area contributed by atoms with Gasteiger partial charge in [-0.3, -0.25) is 4.98 Å². The van der Waals surface area contributed by atoms with Crippen LogP contribution < -0.4 is 10.6 Å². The number of pyridine rings is 1. The fraction of sp³-hybridized carbons (Fsp3) is 0.368. The van der Waals surface area contributed by atoms with E-state index in [9.17, 15) is 0 Å². The van der Waals surface area contributed by atoms with Gasteiger partial charge in [0.05, 0.1) is 29.6 Å². The van der Waals surface area contributed by atoms with Gasteiger partial charge >= 0.3 is 0 Å². The van der Waals surface area contributed by atoms with Crippen molar-refractivity contribution in [3.63, 3.8) is 0 Å². The van der Waals surface area contributed by atoms with Crippen molar-refractivity contribution in [2.45, 2.75) is 26.0 Å². The van der Waals surface area contributed by atoms with E-state index in [1.54, 1.807) is 0 Å². The highest BCUT2D eigenvalue weighted by atomic mass is 16.5. The van der Waals surface area contributed by atoms with Crippen molar-refractivity contribution in [2.24, 2.45) is 5.73 Å². The van der Waals surface area contributed by atoms with Gasteiger partial charge in [0.1, 0.15) is 0 Å². The largest absolute Gasteiger partial charge is 0.372 e. The maximum absolute atomic E-state index is 5.85. The Morgan fingerprint density at radius 1 is 1.20 bits per heavy atom. The lowest BCUT2D eigenvalue weighted by molar-refractivity contribution is -0.0278. The summed E-state index contributed by atoms with van der Waals surface area (Å²) < 4.78 is 7.80. The summed E-state index contributed by atoms with van der Waals surface area (Å²) >= 11 is 0. The molecule has 3 aromatic rings. The molecule has 0 atom stereocenters. The molecule has 0 saturated carbocycles. The monoisotopic (exact) mass is 337 g/mol. The third-order valence-electron chi connectivity index (χ3n) is 4.61. The molecule has 0 unspecified atom stereocenters. The number of anilines is 1. The first-order chi connectivity index (χ1) is 12.1. The zero-order valence-corrected chi connectivity index (χ0v) is 14.6. The summed E-state index contributed by atoms with van der Waals surface area (Å²) in [4.78, 5) is 6.60. The third kappa shape index (κ3) is 2.99. The van der Waals surface area contributed by atoms with Crippen LogP contribution in [0.15, 0.2) is 42.7 Å². The van der Waals surface area contributed by atoms with E-state index in [2.05, 4.69) is 35.9 Å². The topological polar surface area (TPSA) is 69.2 Å². The van der Waals surface area contributed by atoms with Gasteiger partial charge < -0.3 is 15.4 Å². The van der Waals surface area contributed by atoms with Crippen molar-refractivity contribution in [3.8, 4) is 5.69 Å². The van der Waals surface area contributed by atoms with Gasteiger partial charge in [-0.05, 0) is 37.6 Å². The van der Waals surface area contributed by atoms with E-state index in [1.807, 2.05) is 35.3 Å². The van der Waals surface area contributed by atoms with Crippen molar-refractivity contribution in [2.75, 3.05) is 24.6 Å². The van der Waals surface area contributed by atoms with Crippen molar-refractivity contribution >= 4 is 16.7 Å². The number of nitrogens with two attached hydrogens (primary N) is 1. The lowest BCUT2D eigenvalue weighted by atomic mass is 10.1. The van der Waals surface area contributed by atoms with Crippen LogP contribution in [0.25, 0.3) is 16.6 Å². The van der Waals surface area contributed by atoms with E-state index in [-0.39, 0.29) is 5.60 Å². The average Bonchev–Trinajstić information content (AvgIpc) is 3.01. The number of rotatable bonds is 3. The predicted octanol–water partition coefficient (Wildman–Crippen LogP) is 2.49. The van der Waals surface area contributed by atoms with Gasteiger partial charge in [0, 0.05) is 31.2 Å². The van der Waals surface area contributed by atoms with E-state index in [1.165, 1.54) is 0 Å². The summed E-state index contributed by atoms with van der Waals surface area (Å²) in [7, 11) is 0. The quantitative estimate of drug-likeness (QED) is 0.795. The minimum Gasteiger partial charge on any atom is -0.372 e. The van der Waals surface area contributed by atoms with Crippen LogP contribution in [0.3, 0.4) is 0 Å². The first-order valence-corrected chi connectivity index (χ1v) is 8.58. The maximum Gasteiger partial charge on any atom is 0.159 e. The molecule has 2 aromatic heterocycles. The lowest BCUT2D eigenvalue weighted by Crippen LogP contribution is -2.48. The van der Waals surface area contributed by atoms with Crippen LogP contribution in [0.2, 0.25) is 0 Å². The fourth-order valence-corrected chi connectivity index (χ4v) is 3.35. The molecule has 0 radical (unpaired) electrons. The highest BCUT2D eigenvalue weighted by molar-refractivity contribution is 5.91. The standard InChI is InChI=1S/C19H23N5O/c1-19(2)13-23(9-10-25-19)18-16-7-8-21-12-17(16)24(22-18)15-5-3-14(11-20)4-6-15/h3-8,12H,9-11,13,20H2,1-2H3. The normalized spacial score (nSPS) is 17.2. The van der Waals surface area contributed by atoms with E-state index in [4.69, 9.17) is 15.6 Å². The Hall–Kier alpha value is -2.44. The Bertz CT molecular complexity index is 884. The van der Waals surface area contributed by atoms with Crippen LogP contribution in [0, 0.1) is 0 Å². The third-order valence-corrected chi connectivity index (χ3v) is 4.61. The SMILES string of the molecule is CC1(C)CN(c2nn(-c3ccc(CN)cc3)c3cnccc23)CCO1. The molecule has 2 N–H and O–H groups in total. The molecule has 6 nitrogen and oxygen atoms in total. The zero-order valence-electron chi connectivity index (χ0n) is 14.6. The summed E-state index contributed by atoms with van der Waals surface area (Å²) in [5.74, 6) is 0.983. The number of morpholine rings is 1. The zero-order chi connectivity index (χ0) is 17.4. The molecule has 25 heavy (non-hydrogen) atoms. The summed E-state index contributed by atoms with van der Waals surface area (Å²) in [6.07, 6.45) is 3.69. The summed E-state index contributed by atoms with van der Waals surface area (Å²) in [5.41, 5.74) is 8.64. The summed E-state index contributed by atoms with van der Waals surface area (Å²) in [6.45, 7) is 7.13. The highest BCUT2D eigenvalue weighted by Crippen LogP contribution is 2.30. The van der Waals surface area contributed by atoms with Gasteiger partial charge in [0.2, 0.25) is 0 Å². The average molecular weight is 337 g/mol. The molecule has 4 rings (SSSR count). The number of benzene rings is 1.